The van der Waals surface area contributed by atoms with E-state index in [9.17, 15) is 27.6 Å². The molecule has 0 unspecified atom stereocenters. The average molecular weight is 380 g/mol. The first kappa shape index (κ1) is 19.0. The van der Waals surface area contributed by atoms with Gasteiger partial charge in [0, 0.05) is 13.1 Å². The molecule has 0 saturated carbocycles. The largest absolute Gasteiger partial charge is 0.481 e. The number of urea groups is 1. The molecular weight excluding hydrogens is 365 g/mol. The number of esters is 1. The van der Waals surface area contributed by atoms with E-state index in [1.807, 2.05) is 0 Å². The number of ether oxygens (including phenoxy) is 1. The molecule has 2 rings (SSSR count). The highest BCUT2D eigenvalue weighted by atomic mass is 32.1. The van der Waals surface area contributed by atoms with Crippen molar-refractivity contribution >= 4 is 34.3 Å². The van der Waals surface area contributed by atoms with Gasteiger partial charge in [0.1, 0.15) is 5.00 Å². The van der Waals surface area contributed by atoms with Crippen LogP contribution >= 0.6 is 11.3 Å². The van der Waals surface area contributed by atoms with Crippen molar-refractivity contribution in [1.29, 1.82) is 0 Å². The van der Waals surface area contributed by atoms with Gasteiger partial charge in [-0.05, 0) is 18.4 Å². The van der Waals surface area contributed by atoms with Gasteiger partial charge in [0.15, 0.2) is 0 Å². The molecule has 2 N–H and O–H groups in total. The standard InChI is InChI=1S/C14H15F3N2O5S/c1-2-24-12(22)7-3-4-25-10(7)18-13(23)19-5-8(11(20)21)9(6-19)14(15,16)17/h3-4,8-9H,2,5-6H2,1H3,(H,18,23)(H,20,21)/t8-,9-/m1/s1. The maximum Gasteiger partial charge on any atom is 0.394 e. The highest BCUT2D eigenvalue weighted by molar-refractivity contribution is 7.14. The fourth-order valence-corrected chi connectivity index (χ4v) is 3.27. The summed E-state index contributed by atoms with van der Waals surface area (Å²) < 4.78 is 43.7. The van der Waals surface area contributed by atoms with Crippen LogP contribution in [0, 0.1) is 11.8 Å². The molecule has 0 aromatic carbocycles. The number of alkyl halides is 3. The van der Waals surface area contributed by atoms with Gasteiger partial charge in [-0.1, -0.05) is 0 Å². The van der Waals surface area contributed by atoms with Crippen molar-refractivity contribution in [2.75, 3.05) is 25.0 Å². The quantitative estimate of drug-likeness (QED) is 0.783. The predicted molar refractivity (Wildman–Crippen MR) is 81.5 cm³/mol. The van der Waals surface area contributed by atoms with Crippen molar-refractivity contribution < 1.29 is 37.4 Å². The molecule has 1 saturated heterocycles. The normalized spacial score (nSPS) is 20.4. The van der Waals surface area contributed by atoms with Gasteiger partial charge in [-0.25, -0.2) is 9.59 Å². The molecule has 25 heavy (non-hydrogen) atoms. The summed E-state index contributed by atoms with van der Waals surface area (Å²) in [6.07, 6.45) is -4.73. The van der Waals surface area contributed by atoms with Crippen LogP contribution in [0.2, 0.25) is 0 Å². The summed E-state index contributed by atoms with van der Waals surface area (Å²) in [7, 11) is 0. The molecule has 11 heteroatoms. The Bertz CT molecular complexity index is 676. The number of carboxylic acids is 1. The van der Waals surface area contributed by atoms with Gasteiger partial charge in [-0.3, -0.25) is 10.1 Å². The highest BCUT2D eigenvalue weighted by Gasteiger charge is 2.53. The number of anilines is 1. The molecule has 1 fully saturated rings. The fourth-order valence-electron chi connectivity index (χ4n) is 2.50. The molecule has 1 aliphatic heterocycles. The number of aliphatic carboxylic acids is 1. The zero-order chi connectivity index (χ0) is 18.8. The number of nitrogens with zero attached hydrogens (tertiary/aromatic N) is 1. The third-order valence-corrected chi connectivity index (χ3v) is 4.56. The third kappa shape index (κ3) is 4.21. The summed E-state index contributed by atoms with van der Waals surface area (Å²) in [5.41, 5.74) is 0.0848. The van der Waals surface area contributed by atoms with Crippen LogP contribution in [0.1, 0.15) is 17.3 Å². The maximum absolute atomic E-state index is 13.0. The second-order valence-corrected chi connectivity index (χ2v) is 6.23. The number of carbonyl (C=O) groups is 3. The van der Waals surface area contributed by atoms with Gasteiger partial charge in [-0.15, -0.1) is 11.3 Å². The summed E-state index contributed by atoms with van der Waals surface area (Å²) in [4.78, 5) is 35.8. The van der Waals surface area contributed by atoms with Crippen molar-refractivity contribution in [1.82, 2.24) is 4.90 Å². The summed E-state index contributed by atoms with van der Waals surface area (Å²) >= 11 is 1.01. The Morgan fingerprint density at radius 2 is 2.08 bits per heavy atom. The number of carboxylic acid groups (broad SMARTS) is 1. The predicted octanol–water partition coefficient (Wildman–Crippen LogP) is 2.65. The molecule has 1 aliphatic rings. The monoisotopic (exact) mass is 380 g/mol. The lowest BCUT2D eigenvalue weighted by atomic mass is 9.96. The second kappa shape index (κ2) is 7.30. The van der Waals surface area contributed by atoms with E-state index >= 15 is 0 Å². The van der Waals surface area contributed by atoms with Crippen molar-refractivity contribution in [3.8, 4) is 0 Å². The van der Waals surface area contributed by atoms with Crippen LogP contribution < -0.4 is 5.32 Å². The minimum absolute atomic E-state index is 0.0848. The molecule has 2 heterocycles. The van der Waals surface area contributed by atoms with Gasteiger partial charge in [-0.2, -0.15) is 13.2 Å². The van der Waals surface area contributed by atoms with Crippen LogP contribution in [0.3, 0.4) is 0 Å². The number of amides is 2. The van der Waals surface area contributed by atoms with Crippen molar-refractivity contribution in [3.63, 3.8) is 0 Å². The van der Waals surface area contributed by atoms with Crippen molar-refractivity contribution in [2.45, 2.75) is 13.1 Å². The van der Waals surface area contributed by atoms with E-state index in [4.69, 9.17) is 9.84 Å². The Morgan fingerprint density at radius 1 is 1.40 bits per heavy atom. The van der Waals surface area contributed by atoms with Crippen LogP contribution in [0.4, 0.5) is 23.0 Å². The lowest BCUT2D eigenvalue weighted by molar-refractivity contribution is -0.187. The van der Waals surface area contributed by atoms with E-state index in [-0.39, 0.29) is 17.2 Å². The Hall–Kier alpha value is -2.30. The lowest BCUT2D eigenvalue weighted by Crippen LogP contribution is -2.35. The van der Waals surface area contributed by atoms with Gasteiger partial charge >= 0.3 is 24.1 Å². The van der Waals surface area contributed by atoms with Gasteiger partial charge in [0.05, 0.1) is 24.0 Å². The first-order chi connectivity index (χ1) is 11.6. The van der Waals surface area contributed by atoms with E-state index < -0.39 is 49.1 Å². The Morgan fingerprint density at radius 3 is 2.60 bits per heavy atom. The number of hydrogen-bond acceptors (Lipinski definition) is 5. The molecule has 2 amide bonds. The molecular formula is C14H15F3N2O5S. The molecule has 7 nitrogen and oxygen atoms in total. The number of carbonyl (C=O) groups excluding carboxylic acids is 2. The topological polar surface area (TPSA) is 95.9 Å². The lowest BCUT2D eigenvalue weighted by Gasteiger charge is -2.18. The van der Waals surface area contributed by atoms with Gasteiger partial charge < -0.3 is 14.7 Å². The van der Waals surface area contributed by atoms with Crippen LogP contribution in [-0.2, 0) is 9.53 Å². The molecule has 0 aliphatic carbocycles. The first-order valence-electron chi connectivity index (χ1n) is 7.25. The summed E-state index contributed by atoms with van der Waals surface area (Å²) in [6.45, 7) is 0.412. The number of halogens is 3. The summed E-state index contributed by atoms with van der Waals surface area (Å²) in [5, 5.41) is 13.0. The van der Waals surface area contributed by atoms with Crippen LogP contribution in [-0.4, -0.2) is 53.8 Å². The smallest absolute Gasteiger partial charge is 0.394 e. The maximum atomic E-state index is 13.0. The zero-order valence-corrected chi connectivity index (χ0v) is 13.8. The van der Waals surface area contributed by atoms with E-state index in [2.05, 4.69) is 5.32 Å². The second-order valence-electron chi connectivity index (χ2n) is 5.31. The molecule has 0 spiro atoms. The number of nitrogens with one attached hydrogen (secondary N) is 1. The summed E-state index contributed by atoms with van der Waals surface area (Å²) in [6, 6.07) is 0.520. The van der Waals surface area contributed by atoms with Gasteiger partial charge in [0.2, 0.25) is 0 Å². The first-order valence-corrected chi connectivity index (χ1v) is 8.13. The Kier molecular flexibility index (Phi) is 5.55. The van der Waals surface area contributed by atoms with Crippen molar-refractivity contribution in [2.24, 2.45) is 11.8 Å². The van der Waals surface area contributed by atoms with Crippen LogP contribution in [0.15, 0.2) is 11.4 Å². The van der Waals surface area contributed by atoms with E-state index in [1.54, 1.807) is 6.92 Å². The molecule has 0 bridgehead atoms. The zero-order valence-electron chi connectivity index (χ0n) is 13.0. The number of hydrogen-bond donors (Lipinski definition) is 2. The molecule has 0 radical (unpaired) electrons. The molecule has 2 atom stereocenters. The van der Waals surface area contributed by atoms with E-state index in [0.29, 0.717) is 0 Å². The van der Waals surface area contributed by atoms with Crippen LogP contribution in [0.25, 0.3) is 0 Å². The third-order valence-electron chi connectivity index (χ3n) is 3.73. The minimum Gasteiger partial charge on any atom is -0.481 e. The van der Waals surface area contributed by atoms with Crippen molar-refractivity contribution in [3.05, 3.63) is 17.0 Å². The molecule has 138 valence electrons. The SMILES string of the molecule is CCOC(=O)c1ccsc1NC(=O)N1C[C@@H](C(F)(F)F)[C@H](C(=O)O)C1. The molecule has 1 aromatic heterocycles. The Balaban J connectivity index is 2.11. The number of likely N-dealkylation sites (tertiary alicyclic amines) is 1. The number of rotatable bonds is 4. The fraction of sp³-hybridized carbons (Fsp3) is 0.500. The van der Waals surface area contributed by atoms with Crippen LogP contribution in [0.5, 0.6) is 0 Å². The Labute approximate surface area is 144 Å². The minimum atomic E-state index is -4.73. The average Bonchev–Trinajstić information content (AvgIpc) is 3.13. The summed E-state index contributed by atoms with van der Waals surface area (Å²) in [5.74, 6) is -6.14. The highest BCUT2D eigenvalue weighted by Crippen LogP contribution is 2.38. The van der Waals surface area contributed by atoms with Gasteiger partial charge in [0.25, 0.3) is 0 Å². The molecule has 1 aromatic rings. The van der Waals surface area contributed by atoms with E-state index in [1.165, 1.54) is 11.4 Å². The van der Waals surface area contributed by atoms with E-state index in [0.717, 1.165) is 16.2 Å². The number of thiophene rings is 1.